The van der Waals surface area contributed by atoms with Crippen LogP contribution in [0.3, 0.4) is 0 Å². The van der Waals surface area contributed by atoms with Gasteiger partial charge in [0.1, 0.15) is 0 Å². The lowest BCUT2D eigenvalue weighted by Crippen LogP contribution is -2.31. The Morgan fingerprint density at radius 3 is 2.28 bits per heavy atom. The van der Waals surface area contributed by atoms with Crippen molar-refractivity contribution in [1.29, 1.82) is 0 Å². The van der Waals surface area contributed by atoms with Crippen molar-refractivity contribution in [2.24, 2.45) is 4.99 Å². The fraction of sp³-hybridized carbons (Fsp3) is 0.462. The van der Waals surface area contributed by atoms with Gasteiger partial charge >= 0.3 is 0 Å². The van der Waals surface area contributed by atoms with E-state index in [1.807, 2.05) is 12.1 Å². The van der Waals surface area contributed by atoms with Crippen molar-refractivity contribution in [3.63, 3.8) is 0 Å². The molecule has 0 heterocycles. The number of isocyanates is 1. The molecule has 1 aromatic rings. The van der Waals surface area contributed by atoms with Gasteiger partial charge in [-0.1, -0.05) is 24.3 Å². The average Bonchev–Trinajstić information content (AvgIpc) is 2.23. The first-order valence-corrected chi connectivity index (χ1v) is 7.87. The average molecular weight is 265 g/mol. The zero-order valence-corrected chi connectivity index (χ0v) is 11.0. The zero-order valence-electron chi connectivity index (χ0n) is 10.2. The van der Waals surface area contributed by atoms with Crippen LogP contribution in [-0.2, 0) is 25.9 Å². The van der Waals surface area contributed by atoms with E-state index in [1.165, 1.54) is 6.26 Å². The van der Waals surface area contributed by atoms with E-state index >= 15 is 0 Å². The molecule has 1 aliphatic rings. The molecule has 1 fully saturated rings. The molecule has 0 aliphatic heterocycles. The van der Waals surface area contributed by atoms with E-state index in [1.54, 1.807) is 18.2 Å². The summed E-state index contributed by atoms with van der Waals surface area (Å²) < 4.78 is 22.4. The number of sulfone groups is 1. The molecule has 0 radical (unpaired) electrons. The van der Waals surface area contributed by atoms with E-state index in [0.717, 1.165) is 30.4 Å². The van der Waals surface area contributed by atoms with Gasteiger partial charge in [-0.2, -0.15) is 4.99 Å². The van der Waals surface area contributed by atoms with Gasteiger partial charge in [0.25, 0.3) is 0 Å². The summed E-state index contributed by atoms with van der Waals surface area (Å²) in [4.78, 5) is 14.4. The van der Waals surface area contributed by atoms with E-state index in [4.69, 9.17) is 0 Å². The van der Waals surface area contributed by atoms with E-state index in [-0.39, 0.29) is 5.75 Å². The Bertz CT molecular complexity index is 579. The molecule has 0 bridgehead atoms. The molecule has 2 rings (SSSR count). The molecule has 0 atom stereocenters. The van der Waals surface area contributed by atoms with Crippen LogP contribution in [0.4, 0.5) is 0 Å². The summed E-state index contributed by atoms with van der Waals surface area (Å²) in [5, 5.41) is 0. The predicted octanol–water partition coefficient (Wildman–Crippen LogP) is 1.95. The van der Waals surface area contributed by atoms with Crippen molar-refractivity contribution in [3.05, 3.63) is 35.4 Å². The maximum absolute atomic E-state index is 11.2. The topological polar surface area (TPSA) is 63.6 Å². The third-order valence-corrected chi connectivity index (χ3v) is 4.22. The summed E-state index contributed by atoms with van der Waals surface area (Å²) in [7, 11) is -3.01. The van der Waals surface area contributed by atoms with Gasteiger partial charge in [-0.15, -0.1) is 0 Å². The lowest BCUT2D eigenvalue weighted by atomic mass is 9.72. The number of benzene rings is 1. The molecule has 18 heavy (non-hydrogen) atoms. The number of hydrogen-bond donors (Lipinski definition) is 0. The maximum Gasteiger partial charge on any atom is 0.235 e. The molecule has 1 aliphatic carbocycles. The van der Waals surface area contributed by atoms with Gasteiger partial charge in [-0.25, -0.2) is 13.2 Å². The van der Waals surface area contributed by atoms with Crippen molar-refractivity contribution >= 4 is 15.9 Å². The van der Waals surface area contributed by atoms with E-state index in [2.05, 4.69) is 4.99 Å². The minimum Gasteiger partial charge on any atom is -0.229 e. The highest BCUT2D eigenvalue weighted by Crippen LogP contribution is 2.44. The fourth-order valence-electron chi connectivity index (χ4n) is 2.28. The summed E-state index contributed by atoms with van der Waals surface area (Å²) >= 11 is 0. The number of carbonyl (C=O) groups excluding carboxylic acids is 1. The standard InChI is InChI=1S/C13H15NO3S/c1-18(16,17)9-11-3-5-12(6-4-11)13(14-10-15)7-2-8-13/h3-6H,2,7-9H2,1H3. The molecule has 96 valence electrons. The van der Waals surface area contributed by atoms with Crippen LogP contribution < -0.4 is 0 Å². The first-order chi connectivity index (χ1) is 8.45. The van der Waals surface area contributed by atoms with E-state index in [9.17, 15) is 13.2 Å². The van der Waals surface area contributed by atoms with Crippen LogP contribution >= 0.6 is 0 Å². The Morgan fingerprint density at radius 1 is 1.28 bits per heavy atom. The molecule has 1 aromatic carbocycles. The second-order valence-electron chi connectivity index (χ2n) is 4.86. The summed E-state index contributed by atoms with van der Waals surface area (Å²) in [6.45, 7) is 0. The number of nitrogens with zero attached hydrogens (tertiary/aromatic N) is 1. The maximum atomic E-state index is 11.2. The summed E-state index contributed by atoms with van der Waals surface area (Å²) in [6, 6.07) is 7.30. The van der Waals surface area contributed by atoms with Crippen LogP contribution in [0.5, 0.6) is 0 Å². The van der Waals surface area contributed by atoms with Crippen molar-refractivity contribution in [1.82, 2.24) is 0 Å². The van der Waals surface area contributed by atoms with Gasteiger partial charge in [0.2, 0.25) is 6.08 Å². The number of aliphatic imine (C=N–C) groups is 1. The van der Waals surface area contributed by atoms with Crippen molar-refractivity contribution in [2.75, 3.05) is 6.26 Å². The first kappa shape index (κ1) is 13.0. The second-order valence-corrected chi connectivity index (χ2v) is 7.00. The van der Waals surface area contributed by atoms with Crippen LogP contribution in [0, 0.1) is 0 Å². The minimum atomic E-state index is -3.01. The molecule has 0 aromatic heterocycles. The molecule has 0 spiro atoms. The number of hydrogen-bond acceptors (Lipinski definition) is 4. The molecule has 0 amide bonds. The highest BCUT2D eigenvalue weighted by atomic mass is 32.2. The monoisotopic (exact) mass is 265 g/mol. The molecule has 1 saturated carbocycles. The largest absolute Gasteiger partial charge is 0.235 e. The highest BCUT2D eigenvalue weighted by molar-refractivity contribution is 7.89. The quantitative estimate of drug-likeness (QED) is 0.617. The first-order valence-electron chi connectivity index (χ1n) is 5.81. The molecule has 0 N–H and O–H groups in total. The Hall–Kier alpha value is -1.45. The smallest absolute Gasteiger partial charge is 0.229 e. The Morgan fingerprint density at radius 2 is 1.89 bits per heavy atom. The van der Waals surface area contributed by atoms with Gasteiger partial charge in [0.15, 0.2) is 9.84 Å². The Balaban J connectivity index is 2.25. The van der Waals surface area contributed by atoms with Gasteiger partial charge in [0.05, 0.1) is 11.3 Å². The van der Waals surface area contributed by atoms with Gasteiger partial charge in [0, 0.05) is 6.26 Å². The van der Waals surface area contributed by atoms with Gasteiger partial charge in [-0.05, 0) is 30.4 Å². The van der Waals surface area contributed by atoms with Crippen LogP contribution in [0.1, 0.15) is 30.4 Å². The fourth-order valence-corrected chi connectivity index (χ4v) is 3.08. The number of rotatable bonds is 4. The van der Waals surface area contributed by atoms with E-state index in [0.29, 0.717) is 0 Å². The van der Waals surface area contributed by atoms with Crippen molar-refractivity contribution in [3.8, 4) is 0 Å². The molecule has 0 saturated heterocycles. The molecular formula is C13H15NO3S. The lowest BCUT2D eigenvalue weighted by Gasteiger charge is -2.37. The van der Waals surface area contributed by atoms with E-state index < -0.39 is 15.4 Å². The van der Waals surface area contributed by atoms with Crippen LogP contribution in [0.15, 0.2) is 29.3 Å². The summed E-state index contributed by atoms with van der Waals surface area (Å²) in [6.07, 6.45) is 5.62. The van der Waals surface area contributed by atoms with Gasteiger partial charge < -0.3 is 0 Å². The molecule has 0 unspecified atom stereocenters. The van der Waals surface area contributed by atoms with Crippen LogP contribution in [0.25, 0.3) is 0 Å². The molecule has 5 heteroatoms. The molecular weight excluding hydrogens is 250 g/mol. The lowest BCUT2D eigenvalue weighted by molar-refractivity contribution is 0.256. The predicted molar refractivity (Wildman–Crippen MR) is 68.6 cm³/mol. The normalized spacial score (nSPS) is 17.6. The third-order valence-electron chi connectivity index (χ3n) is 3.36. The van der Waals surface area contributed by atoms with Gasteiger partial charge in [-0.3, -0.25) is 0 Å². The van der Waals surface area contributed by atoms with Crippen LogP contribution in [-0.4, -0.2) is 20.8 Å². The highest BCUT2D eigenvalue weighted by Gasteiger charge is 2.38. The summed E-state index contributed by atoms with van der Waals surface area (Å²) in [5.41, 5.74) is 1.31. The van der Waals surface area contributed by atoms with Crippen LogP contribution in [0.2, 0.25) is 0 Å². The van der Waals surface area contributed by atoms with Crippen molar-refractivity contribution in [2.45, 2.75) is 30.6 Å². The Labute approximate surface area is 107 Å². The SMILES string of the molecule is CS(=O)(=O)Cc1ccc(C2(N=C=O)CCC2)cc1. The third kappa shape index (κ3) is 2.68. The Kier molecular flexibility index (Phi) is 3.37. The minimum absolute atomic E-state index is 0.0389. The van der Waals surface area contributed by atoms with Crippen molar-refractivity contribution < 1.29 is 13.2 Å². The second kappa shape index (κ2) is 4.67. The summed E-state index contributed by atoms with van der Waals surface area (Å²) in [5.74, 6) is 0.0389. The molecule has 4 nitrogen and oxygen atoms in total. The zero-order chi connectivity index (χ0) is 13.2.